The molecule has 1 saturated heterocycles. The van der Waals surface area contributed by atoms with Gasteiger partial charge in [0, 0.05) is 0 Å². The standard InChI is InChI=1S/C10H15N5O11P2/c11-7-4-8(14-10(18)13-7)15(2-12-4)9-6(17)5(16)3(25-9)1-24-28(22,23)26-27(19,20)21/h2-3,5-6,9,16-17H,1H2,(H,22,23)(H2,19,20,21)(H3,11,13,14,18)/t3-,5-,6-,9-/m1/s1. The Morgan fingerprint density at radius 1 is 1.29 bits per heavy atom. The van der Waals surface area contributed by atoms with Gasteiger partial charge in [-0.3, -0.25) is 14.1 Å². The summed E-state index contributed by atoms with van der Waals surface area (Å²) in [6, 6.07) is 0. The minimum atomic E-state index is -5.32. The summed E-state index contributed by atoms with van der Waals surface area (Å²) in [4.78, 5) is 47.7. The van der Waals surface area contributed by atoms with Crippen molar-refractivity contribution in [1.29, 1.82) is 0 Å². The van der Waals surface area contributed by atoms with Crippen LogP contribution in [0.15, 0.2) is 11.1 Å². The number of phosphoric ester groups is 1. The van der Waals surface area contributed by atoms with Gasteiger partial charge < -0.3 is 35.4 Å². The van der Waals surface area contributed by atoms with Crippen LogP contribution >= 0.6 is 15.6 Å². The highest BCUT2D eigenvalue weighted by atomic mass is 31.3. The quantitative estimate of drug-likeness (QED) is 0.229. The number of nitrogens with two attached hydrogens (primary N) is 1. The molecule has 8 N–H and O–H groups in total. The first-order chi connectivity index (χ1) is 12.9. The maximum atomic E-state index is 11.5. The first kappa shape index (κ1) is 21.0. The van der Waals surface area contributed by atoms with Crippen molar-refractivity contribution in [3.8, 4) is 0 Å². The molecule has 0 saturated carbocycles. The number of fused-ring (bicyclic) bond motifs is 1. The second-order valence-corrected chi connectivity index (χ2v) is 8.49. The second-order valence-electron chi connectivity index (χ2n) is 5.66. The Hall–Kier alpha value is -1.71. The van der Waals surface area contributed by atoms with Crippen LogP contribution in [0.3, 0.4) is 0 Å². The third-order valence-electron chi connectivity index (χ3n) is 3.69. The van der Waals surface area contributed by atoms with Crippen molar-refractivity contribution in [3.05, 3.63) is 16.8 Å². The van der Waals surface area contributed by atoms with Crippen molar-refractivity contribution in [3.63, 3.8) is 0 Å². The van der Waals surface area contributed by atoms with Gasteiger partial charge in [-0.1, -0.05) is 0 Å². The number of H-pyrrole nitrogens is 1. The predicted octanol–water partition coefficient (Wildman–Crippen LogP) is -2.45. The summed E-state index contributed by atoms with van der Waals surface area (Å²) < 4.78 is 36.6. The number of aliphatic hydroxyl groups excluding tert-OH is 2. The molecule has 1 fully saturated rings. The fraction of sp³-hybridized carbons (Fsp3) is 0.500. The Morgan fingerprint density at radius 3 is 2.61 bits per heavy atom. The predicted molar refractivity (Wildman–Crippen MR) is 87.4 cm³/mol. The van der Waals surface area contributed by atoms with E-state index in [1.54, 1.807) is 0 Å². The number of hydrogen-bond donors (Lipinski definition) is 7. The highest BCUT2D eigenvalue weighted by Crippen LogP contribution is 2.57. The van der Waals surface area contributed by atoms with E-state index in [1.165, 1.54) is 0 Å². The van der Waals surface area contributed by atoms with Crippen molar-refractivity contribution < 1.29 is 47.6 Å². The second kappa shape index (κ2) is 7.27. The van der Waals surface area contributed by atoms with E-state index in [4.69, 9.17) is 20.3 Å². The first-order valence-corrected chi connectivity index (χ1v) is 10.4. The van der Waals surface area contributed by atoms with E-state index >= 15 is 0 Å². The van der Waals surface area contributed by atoms with Crippen molar-refractivity contribution in [1.82, 2.24) is 19.5 Å². The largest absolute Gasteiger partial charge is 0.481 e. The number of rotatable bonds is 6. The molecule has 3 heterocycles. The average molecular weight is 443 g/mol. The minimum absolute atomic E-state index is 0.0586. The molecular weight excluding hydrogens is 428 g/mol. The molecule has 0 spiro atoms. The molecule has 16 nitrogen and oxygen atoms in total. The van der Waals surface area contributed by atoms with Gasteiger partial charge in [0.1, 0.15) is 29.6 Å². The third-order valence-corrected chi connectivity index (χ3v) is 5.85. The number of phosphoric acid groups is 2. The molecule has 2 aromatic rings. The molecule has 0 aliphatic carbocycles. The zero-order valence-corrected chi connectivity index (χ0v) is 15.4. The molecule has 2 aromatic heterocycles. The van der Waals surface area contributed by atoms with Crippen LogP contribution < -0.4 is 11.4 Å². The Balaban J connectivity index is 1.79. The summed E-state index contributed by atoms with van der Waals surface area (Å²) in [5.41, 5.74) is 4.87. The Morgan fingerprint density at radius 2 is 1.96 bits per heavy atom. The molecule has 1 aliphatic rings. The van der Waals surface area contributed by atoms with E-state index in [0.29, 0.717) is 0 Å². The third kappa shape index (κ3) is 4.31. The fourth-order valence-corrected chi connectivity index (χ4v) is 4.16. The maximum Gasteiger partial charge on any atom is 0.481 e. The van der Waals surface area contributed by atoms with Gasteiger partial charge in [-0.2, -0.15) is 9.29 Å². The van der Waals surface area contributed by atoms with Gasteiger partial charge >= 0.3 is 21.3 Å². The van der Waals surface area contributed by atoms with Gasteiger partial charge in [0.25, 0.3) is 0 Å². The van der Waals surface area contributed by atoms with Crippen molar-refractivity contribution >= 4 is 32.6 Å². The van der Waals surface area contributed by atoms with Crippen LogP contribution in [0.1, 0.15) is 6.23 Å². The molecule has 0 amide bonds. The summed E-state index contributed by atoms with van der Waals surface area (Å²) in [5, 5.41) is 20.3. The number of aliphatic hydroxyl groups is 2. The van der Waals surface area contributed by atoms with Gasteiger partial charge in [0.2, 0.25) is 0 Å². The van der Waals surface area contributed by atoms with Crippen LogP contribution in [-0.4, -0.2) is 69.3 Å². The number of aromatic amines is 1. The number of nitrogens with one attached hydrogen (secondary N) is 1. The first-order valence-electron chi connectivity index (χ1n) is 7.36. The van der Waals surface area contributed by atoms with E-state index in [2.05, 4.69) is 23.8 Å². The van der Waals surface area contributed by atoms with Crippen molar-refractivity contribution in [2.75, 3.05) is 12.3 Å². The summed E-state index contributed by atoms with van der Waals surface area (Å²) in [7, 11) is -10.5. The number of aromatic nitrogens is 4. The number of anilines is 1. The van der Waals surface area contributed by atoms with Crippen LogP contribution in [0.2, 0.25) is 0 Å². The smallest absolute Gasteiger partial charge is 0.387 e. The van der Waals surface area contributed by atoms with E-state index < -0.39 is 52.5 Å². The molecule has 18 heteroatoms. The lowest BCUT2D eigenvalue weighted by Crippen LogP contribution is -2.33. The summed E-state index contributed by atoms with van der Waals surface area (Å²) in [5.74, 6) is -0.0857. The molecule has 0 aromatic carbocycles. The van der Waals surface area contributed by atoms with Gasteiger partial charge in [-0.25, -0.2) is 18.9 Å². The normalized spacial score (nSPS) is 27.9. The monoisotopic (exact) mass is 443 g/mol. The maximum absolute atomic E-state index is 11.5. The highest BCUT2D eigenvalue weighted by molar-refractivity contribution is 7.60. The summed E-state index contributed by atoms with van der Waals surface area (Å²) >= 11 is 0. The zero-order valence-electron chi connectivity index (χ0n) is 13.6. The number of ether oxygens (including phenoxy) is 1. The van der Waals surface area contributed by atoms with Crippen molar-refractivity contribution in [2.45, 2.75) is 24.5 Å². The molecule has 156 valence electrons. The van der Waals surface area contributed by atoms with Crippen LogP contribution in [0.5, 0.6) is 0 Å². The van der Waals surface area contributed by atoms with Crippen LogP contribution in [-0.2, 0) is 22.7 Å². The molecule has 1 unspecified atom stereocenters. The number of imidazole rings is 1. The number of nitrogen functional groups attached to an aromatic ring is 1. The molecule has 5 atom stereocenters. The average Bonchev–Trinajstić information content (AvgIpc) is 3.06. The van der Waals surface area contributed by atoms with Crippen LogP contribution in [0.25, 0.3) is 11.2 Å². The van der Waals surface area contributed by atoms with E-state index in [0.717, 1.165) is 10.9 Å². The summed E-state index contributed by atoms with van der Waals surface area (Å²) in [6.07, 6.45) is -4.84. The number of nitrogens with zero attached hydrogens (tertiary/aromatic N) is 3. The Bertz CT molecular complexity index is 1030. The Kier molecular flexibility index (Phi) is 5.46. The highest BCUT2D eigenvalue weighted by Gasteiger charge is 2.46. The van der Waals surface area contributed by atoms with E-state index in [1.807, 2.05) is 0 Å². The zero-order chi connectivity index (χ0) is 20.9. The van der Waals surface area contributed by atoms with Gasteiger partial charge in [0.05, 0.1) is 12.9 Å². The van der Waals surface area contributed by atoms with Gasteiger partial charge in [-0.15, -0.1) is 0 Å². The lowest BCUT2D eigenvalue weighted by Gasteiger charge is -2.17. The molecule has 28 heavy (non-hydrogen) atoms. The molecule has 3 rings (SSSR count). The van der Waals surface area contributed by atoms with E-state index in [9.17, 15) is 29.0 Å². The van der Waals surface area contributed by atoms with Crippen LogP contribution in [0.4, 0.5) is 5.82 Å². The van der Waals surface area contributed by atoms with E-state index in [-0.39, 0.29) is 17.0 Å². The SMILES string of the molecule is Nc1[nH]c(=O)nc2c1ncn2[C@@H]1O[C@H](COP(=O)(O)OP(=O)(O)O)[C@@H](O)[C@H]1O. The Labute approximate surface area is 154 Å². The summed E-state index contributed by atoms with van der Waals surface area (Å²) in [6.45, 7) is -0.870. The fourth-order valence-electron chi connectivity index (χ4n) is 2.56. The van der Waals surface area contributed by atoms with Crippen LogP contribution in [0, 0.1) is 0 Å². The number of hydrogen-bond acceptors (Lipinski definition) is 11. The lowest BCUT2D eigenvalue weighted by atomic mass is 10.1. The molecule has 1 aliphatic heterocycles. The molecular formula is C10H15N5O11P2. The van der Waals surface area contributed by atoms with Gasteiger partial charge in [-0.05, 0) is 0 Å². The minimum Gasteiger partial charge on any atom is -0.387 e. The topological polar surface area (TPSA) is 253 Å². The van der Waals surface area contributed by atoms with Crippen molar-refractivity contribution in [2.24, 2.45) is 0 Å². The molecule has 0 bridgehead atoms. The lowest BCUT2D eigenvalue weighted by molar-refractivity contribution is -0.0503. The molecule has 0 radical (unpaired) electrons. The van der Waals surface area contributed by atoms with Gasteiger partial charge in [0.15, 0.2) is 11.9 Å².